The summed E-state index contributed by atoms with van der Waals surface area (Å²) in [5, 5.41) is 2.68. The van der Waals surface area contributed by atoms with Gasteiger partial charge in [0.1, 0.15) is 0 Å². The summed E-state index contributed by atoms with van der Waals surface area (Å²) in [6.07, 6.45) is -0.230. The Morgan fingerprint density at radius 3 is 2.62 bits per heavy atom. The second-order valence-electron chi connectivity index (χ2n) is 5.63. The van der Waals surface area contributed by atoms with Crippen LogP contribution in [0.4, 0.5) is 10.5 Å². The van der Waals surface area contributed by atoms with Crippen molar-refractivity contribution < 1.29 is 22.7 Å². The molecule has 0 radical (unpaired) electrons. The maximum absolute atomic E-state index is 12.8. The predicted molar refractivity (Wildman–Crippen MR) is 86.1 cm³/mol. The van der Waals surface area contributed by atoms with Gasteiger partial charge in [-0.25, -0.2) is 13.2 Å². The average molecular weight is 353 g/mol. The fraction of sp³-hybridized carbons (Fsp3) is 0.467. The van der Waals surface area contributed by atoms with Crippen LogP contribution >= 0.6 is 0 Å². The van der Waals surface area contributed by atoms with Gasteiger partial charge in [0.25, 0.3) is 0 Å². The van der Waals surface area contributed by atoms with Gasteiger partial charge < -0.3 is 15.0 Å². The molecule has 130 valence electrons. The van der Waals surface area contributed by atoms with Gasteiger partial charge in [-0.1, -0.05) is 0 Å². The van der Waals surface area contributed by atoms with E-state index in [4.69, 9.17) is 4.74 Å². The normalized spacial score (nSPS) is 18.2. The molecule has 2 aliphatic rings. The number of carbonyl (C=O) groups excluding carboxylic acids is 2. The Hall–Kier alpha value is -2.13. The zero-order valence-corrected chi connectivity index (χ0v) is 14.1. The van der Waals surface area contributed by atoms with Crippen molar-refractivity contribution in [3.05, 3.63) is 23.8 Å². The van der Waals surface area contributed by atoms with E-state index in [1.165, 1.54) is 15.3 Å². The van der Waals surface area contributed by atoms with E-state index in [1.54, 1.807) is 19.1 Å². The van der Waals surface area contributed by atoms with Gasteiger partial charge in [0.2, 0.25) is 15.9 Å². The number of hydrogen-bond acceptors (Lipinski definition) is 5. The van der Waals surface area contributed by atoms with E-state index in [1.807, 2.05) is 0 Å². The molecule has 2 heterocycles. The largest absolute Gasteiger partial charge is 0.450 e. The number of benzene rings is 1. The summed E-state index contributed by atoms with van der Waals surface area (Å²) < 4.78 is 31.8. The number of sulfonamides is 1. The summed E-state index contributed by atoms with van der Waals surface area (Å²) in [7, 11) is -3.65. The molecule has 0 atom stereocenters. The van der Waals surface area contributed by atoms with Gasteiger partial charge in [0.15, 0.2) is 0 Å². The van der Waals surface area contributed by atoms with Gasteiger partial charge >= 0.3 is 6.09 Å². The lowest BCUT2D eigenvalue weighted by molar-refractivity contribution is -0.115. The van der Waals surface area contributed by atoms with Crippen LogP contribution in [0.15, 0.2) is 23.1 Å². The summed E-state index contributed by atoms with van der Waals surface area (Å²) >= 11 is 0. The number of nitrogens with one attached hydrogen (secondary N) is 1. The molecule has 0 saturated carbocycles. The lowest BCUT2D eigenvalue weighted by Gasteiger charge is -2.33. The minimum atomic E-state index is -3.65. The van der Waals surface area contributed by atoms with Gasteiger partial charge in [-0.2, -0.15) is 4.31 Å². The number of anilines is 1. The molecule has 0 aromatic heterocycles. The highest BCUT2D eigenvalue weighted by atomic mass is 32.2. The van der Waals surface area contributed by atoms with E-state index in [-0.39, 0.29) is 30.3 Å². The third kappa shape index (κ3) is 3.09. The Labute approximate surface area is 140 Å². The number of ether oxygens (including phenoxy) is 1. The van der Waals surface area contributed by atoms with E-state index >= 15 is 0 Å². The third-order valence-electron chi connectivity index (χ3n) is 4.10. The van der Waals surface area contributed by atoms with Crippen molar-refractivity contribution in [3.8, 4) is 0 Å². The highest BCUT2D eigenvalue weighted by Gasteiger charge is 2.31. The first-order chi connectivity index (χ1) is 11.4. The van der Waals surface area contributed by atoms with Crippen LogP contribution in [0.2, 0.25) is 0 Å². The summed E-state index contributed by atoms with van der Waals surface area (Å²) in [5.74, 6) is -0.136. The number of rotatable bonds is 3. The number of amides is 2. The van der Waals surface area contributed by atoms with E-state index < -0.39 is 16.1 Å². The lowest BCUT2D eigenvalue weighted by atomic mass is 10.2. The van der Waals surface area contributed by atoms with E-state index in [2.05, 4.69) is 5.32 Å². The van der Waals surface area contributed by atoms with E-state index in [0.717, 1.165) is 0 Å². The average Bonchev–Trinajstić information content (AvgIpc) is 2.94. The van der Waals surface area contributed by atoms with Crippen LogP contribution in [-0.2, 0) is 26.0 Å². The Morgan fingerprint density at radius 1 is 1.25 bits per heavy atom. The quantitative estimate of drug-likeness (QED) is 0.860. The summed E-state index contributed by atoms with van der Waals surface area (Å²) in [6, 6.07) is 4.65. The zero-order valence-electron chi connectivity index (χ0n) is 13.3. The van der Waals surface area contributed by atoms with Crippen LogP contribution in [-0.4, -0.2) is 62.4 Å². The van der Waals surface area contributed by atoms with Crippen molar-refractivity contribution in [3.63, 3.8) is 0 Å². The first kappa shape index (κ1) is 16.7. The third-order valence-corrected chi connectivity index (χ3v) is 6.00. The monoisotopic (exact) mass is 353 g/mol. The maximum Gasteiger partial charge on any atom is 0.409 e. The molecule has 9 heteroatoms. The molecule has 1 N–H and O–H groups in total. The molecule has 1 aromatic rings. The van der Waals surface area contributed by atoms with Gasteiger partial charge in [-0.05, 0) is 30.7 Å². The molecule has 1 saturated heterocycles. The van der Waals surface area contributed by atoms with Gasteiger partial charge in [-0.15, -0.1) is 0 Å². The van der Waals surface area contributed by atoms with Crippen molar-refractivity contribution >= 4 is 27.7 Å². The first-order valence-electron chi connectivity index (χ1n) is 7.76. The van der Waals surface area contributed by atoms with Gasteiger partial charge in [-0.3, -0.25) is 4.79 Å². The minimum absolute atomic E-state index is 0.136. The molecule has 0 spiro atoms. The molecular weight excluding hydrogens is 334 g/mol. The Morgan fingerprint density at radius 2 is 1.96 bits per heavy atom. The van der Waals surface area contributed by atoms with E-state index in [9.17, 15) is 18.0 Å². The van der Waals surface area contributed by atoms with Crippen molar-refractivity contribution in [2.75, 3.05) is 38.1 Å². The number of fused-ring (bicyclic) bond motifs is 1. The Kier molecular flexibility index (Phi) is 4.46. The minimum Gasteiger partial charge on any atom is -0.450 e. The molecular formula is C15H19N3O5S. The van der Waals surface area contributed by atoms with Crippen molar-refractivity contribution in [2.45, 2.75) is 18.2 Å². The Bertz CT molecular complexity index is 769. The number of hydrogen-bond donors (Lipinski definition) is 1. The summed E-state index contributed by atoms with van der Waals surface area (Å²) in [4.78, 5) is 24.7. The van der Waals surface area contributed by atoms with Crippen LogP contribution in [0.5, 0.6) is 0 Å². The highest BCUT2D eigenvalue weighted by Crippen LogP contribution is 2.27. The fourth-order valence-corrected chi connectivity index (χ4v) is 4.31. The number of nitrogens with zero attached hydrogens (tertiary/aromatic N) is 2. The van der Waals surface area contributed by atoms with E-state index in [0.29, 0.717) is 30.9 Å². The highest BCUT2D eigenvalue weighted by molar-refractivity contribution is 7.89. The molecule has 24 heavy (non-hydrogen) atoms. The van der Waals surface area contributed by atoms with Crippen LogP contribution in [0, 0.1) is 0 Å². The maximum atomic E-state index is 12.8. The summed E-state index contributed by atoms with van der Waals surface area (Å²) in [6.45, 7) is 3.04. The molecule has 0 unspecified atom stereocenters. The molecule has 0 aliphatic carbocycles. The van der Waals surface area contributed by atoms with Crippen molar-refractivity contribution in [1.29, 1.82) is 0 Å². The molecule has 1 aromatic carbocycles. The molecule has 8 nitrogen and oxygen atoms in total. The second kappa shape index (κ2) is 6.40. The topological polar surface area (TPSA) is 96.0 Å². The smallest absolute Gasteiger partial charge is 0.409 e. The van der Waals surface area contributed by atoms with Crippen molar-refractivity contribution in [1.82, 2.24) is 9.21 Å². The molecule has 1 fully saturated rings. The second-order valence-corrected chi connectivity index (χ2v) is 7.57. The van der Waals surface area contributed by atoms with Gasteiger partial charge in [0, 0.05) is 31.9 Å². The van der Waals surface area contributed by atoms with Crippen molar-refractivity contribution in [2.24, 2.45) is 0 Å². The molecule has 2 amide bonds. The number of carbonyl (C=O) groups is 2. The Balaban J connectivity index is 1.72. The molecule has 3 rings (SSSR count). The predicted octanol–water partition coefficient (Wildman–Crippen LogP) is 0.644. The van der Waals surface area contributed by atoms with Crippen LogP contribution in [0.25, 0.3) is 0 Å². The van der Waals surface area contributed by atoms with Gasteiger partial charge in [0.05, 0.1) is 17.9 Å². The lowest BCUT2D eigenvalue weighted by Crippen LogP contribution is -2.50. The fourth-order valence-electron chi connectivity index (χ4n) is 2.84. The standard InChI is InChI=1S/C15H19N3O5S/c1-2-23-15(20)17-5-7-18(8-6-17)24(21,22)12-3-4-13-11(9-12)10-14(19)16-13/h3-4,9H,2,5-8,10H2,1H3,(H,16,19). The molecule has 0 bridgehead atoms. The number of piperazine rings is 1. The van der Waals surface area contributed by atoms with Crippen LogP contribution in [0.3, 0.4) is 0 Å². The van der Waals surface area contributed by atoms with Crippen LogP contribution in [0.1, 0.15) is 12.5 Å². The van der Waals surface area contributed by atoms with Crippen LogP contribution < -0.4 is 5.32 Å². The zero-order chi connectivity index (χ0) is 17.3. The SMILES string of the molecule is CCOC(=O)N1CCN(S(=O)(=O)c2ccc3c(c2)CC(=O)N3)CC1. The summed E-state index contributed by atoms with van der Waals surface area (Å²) in [5.41, 5.74) is 1.34. The molecule has 2 aliphatic heterocycles. The first-order valence-corrected chi connectivity index (χ1v) is 9.20.